The fourth-order valence-electron chi connectivity index (χ4n) is 3.69. The number of aromatic carboxylic acids is 1. The quantitative estimate of drug-likeness (QED) is 0.295. The number of benzene rings is 2. The number of carboxylic acids is 1. The van der Waals surface area contributed by atoms with Gasteiger partial charge in [-0.2, -0.15) is 0 Å². The van der Waals surface area contributed by atoms with E-state index >= 15 is 0 Å². The lowest BCUT2D eigenvalue weighted by molar-refractivity contribution is -0.384. The van der Waals surface area contributed by atoms with Crippen LogP contribution < -0.4 is 0 Å². The molecule has 0 aliphatic carbocycles. The number of esters is 1. The summed E-state index contributed by atoms with van der Waals surface area (Å²) in [5.41, 5.74) is 0.625. The van der Waals surface area contributed by atoms with Gasteiger partial charge in [-0.25, -0.2) is 9.59 Å². The molecule has 170 valence electrons. The van der Waals surface area contributed by atoms with Crippen LogP contribution in [0.3, 0.4) is 0 Å². The second kappa shape index (κ2) is 10.0. The van der Waals surface area contributed by atoms with Gasteiger partial charge in [0.25, 0.3) is 5.69 Å². The van der Waals surface area contributed by atoms with Crippen molar-refractivity contribution < 1.29 is 29.5 Å². The van der Waals surface area contributed by atoms with Gasteiger partial charge in [0.15, 0.2) is 0 Å². The van der Waals surface area contributed by atoms with Crippen LogP contribution in [0.4, 0.5) is 5.69 Å². The molecule has 3 aromatic rings. The lowest BCUT2D eigenvalue weighted by atomic mass is 9.92. The van der Waals surface area contributed by atoms with E-state index in [1.54, 1.807) is 37.3 Å². The van der Waals surface area contributed by atoms with Crippen molar-refractivity contribution >= 4 is 17.6 Å². The van der Waals surface area contributed by atoms with Crippen molar-refractivity contribution in [2.75, 3.05) is 6.61 Å². The van der Waals surface area contributed by atoms with Gasteiger partial charge < -0.3 is 14.9 Å². The largest absolute Gasteiger partial charge is 0.478 e. The van der Waals surface area contributed by atoms with E-state index in [0.29, 0.717) is 5.56 Å². The number of non-ortho nitro benzene ring substituents is 1. The van der Waals surface area contributed by atoms with E-state index in [4.69, 9.17) is 4.74 Å². The Kier molecular flexibility index (Phi) is 7.14. The van der Waals surface area contributed by atoms with Gasteiger partial charge in [0, 0.05) is 30.7 Å². The second-order valence-corrected chi connectivity index (χ2v) is 7.34. The Morgan fingerprint density at radius 2 is 1.73 bits per heavy atom. The zero-order valence-electron chi connectivity index (χ0n) is 18.0. The van der Waals surface area contributed by atoms with E-state index in [9.17, 15) is 29.9 Å². The maximum absolute atomic E-state index is 13.4. The Morgan fingerprint density at radius 1 is 1.06 bits per heavy atom. The average molecular weight is 450 g/mol. The SMILES string of the molecule is Cc1nc(C)c(C(=O)OC(CCO)c2ccccc2)c(-c2cccc([N+](=O)[O-])c2)c1C(=O)O. The molecule has 2 aromatic carbocycles. The number of rotatable bonds is 8. The third-order valence-electron chi connectivity index (χ3n) is 5.13. The predicted octanol–water partition coefficient (Wildman–Crippen LogP) is 4.25. The zero-order chi connectivity index (χ0) is 24.1. The summed E-state index contributed by atoms with van der Waals surface area (Å²) in [6.45, 7) is 2.79. The Hall–Kier alpha value is -4.11. The van der Waals surface area contributed by atoms with Gasteiger partial charge >= 0.3 is 11.9 Å². The number of nitro benzene ring substituents is 1. The van der Waals surface area contributed by atoms with Crippen LogP contribution in [0.5, 0.6) is 0 Å². The molecule has 33 heavy (non-hydrogen) atoms. The van der Waals surface area contributed by atoms with Crippen LogP contribution in [0.1, 0.15) is 50.2 Å². The highest BCUT2D eigenvalue weighted by molar-refractivity contribution is 6.06. The van der Waals surface area contributed by atoms with Crippen molar-refractivity contribution in [2.24, 2.45) is 0 Å². The number of hydrogen-bond acceptors (Lipinski definition) is 7. The lowest BCUT2D eigenvalue weighted by Gasteiger charge is -2.21. The van der Waals surface area contributed by atoms with Gasteiger partial charge in [-0.15, -0.1) is 0 Å². The zero-order valence-corrected chi connectivity index (χ0v) is 18.0. The number of aryl methyl sites for hydroxylation is 2. The van der Waals surface area contributed by atoms with Crippen molar-refractivity contribution in [1.82, 2.24) is 4.98 Å². The molecule has 0 aliphatic heterocycles. The Labute approximate surface area is 189 Å². The number of carbonyl (C=O) groups is 2. The number of carbonyl (C=O) groups excluding carboxylic acids is 1. The fraction of sp³-hybridized carbons (Fsp3) is 0.208. The minimum absolute atomic E-state index is 0.00277. The first kappa shape index (κ1) is 23.6. The molecule has 0 fully saturated rings. The lowest BCUT2D eigenvalue weighted by Crippen LogP contribution is -2.18. The molecule has 3 rings (SSSR count). The maximum atomic E-state index is 13.4. The predicted molar refractivity (Wildman–Crippen MR) is 119 cm³/mol. The first-order valence-corrected chi connectivity index (χ1v) is 10.1. The number of aliphatic hydroxyl groups excluding tert-OH is 1. The summed E-state index contributed by atoms with van der Waals surface area (Å²) in [6, 6.07) is 14.2. The molecule has 0 amide bonds. The van der Waals surface area contributed by atoms with Crippen LogP contribution in [-0.2, 0) is 4.74 Å². The molecule has 2 N–H and O–H groups in total. The summed E-state index contributed by atoms with van der Waals surface area (Å²) >= 11 is 0. The summed E-state index contributed by atoms with van der Waals surface area (Å²) < 4.78 is 5.69. The first-order valence-electron chi connectivity index (χ1n) is 10.1. The minimum Gasteiger partial charge on any atom is -0.478 e. The normalized spacial score (nSPS) is 11.6. The van der Waals surface area contributed by atoms with Gasteiger partial charge in [-0.1, -0.05) is 42.5 Å². The van der Waals surface area contributed by atoms with Gasteiger partial charge in [0.05, 0.1) is 27.4 Å². The van der Waals surface area contributed by atoms with Crippen LogP contribution in [0.25, 0.3) is 11.1 Å². The molecular formula is C24H22N2O7. The molecule has 0 radical (unpaired) electrons. The van der Waals surface area contributed by atoms with Gasteiger partial charge in [-0.05, 0) is 25.0 Å². The average Bonchev–Trinajstić information content (AvgIpc) is 2.78. The van der Waals surface area contributed by atoms with E-state index in [1.165, 1.54) is 31.2 Å². The number of carboxylic acid groups (broad SMARTS) is 1. The van der Waals surface area contributed by atoms with Crippen LogP contribution in [-0.4, -0.2) is 38.7 Å². The highest BCUT2D eigenvalue weighted by Gasteiger charge is 2.29. The third-order valence-corrected chi connectivity index (χ3v) is 5.13. The van der Waals surface area contributed by atoms with Gasteiger partial charge in [-0.3, -0.25) is 15.1 Å². The molecule has 1 atom stereocenters. The van der Waals surface area contributed by atoms with Crippen molar-refractivity contribution in [2.45, 2.75) is 26.4 Å². The summed E-state index contributed by atoms with van der Waals surface area (Å²) in [6.07, 6.45) is -0.651. The second-order valence-electron chi connectivity index (χ2n) is 7.34. The number of aromatic nitrogens is 1. The van der Waals surface area contributed by atoms with Crippen LogP contribution in [0.2, 0.25) is 0 Å². The summed E-state index contributed by atoms with van der Waals surface area (Å²) in [4.78, 5) is 40.4. The van der Waals surface area contributed by atoms with Gasteiger partial charge in [0.2, 0.25) is 0 Å². The van der Waals surface area contributed by atoms with E-state index < -0.39 is 23.0 Å². The van der Waals surface area contributed by atoms with Crippen molar-refractivity contribution in [3.8, 4) is 11.1 Å². The Bertz CT molecular complexity index is 1210. The molecule has 1 aromatic heterocycles. The summed E-state index contributed by atoms with van der Waals surface area (Å²) in [5.74, 6) is -2.17. The first-order chi connectivity index (χ1) is 15.7. The molecule has 0 spiro atoms. The highest BCUT2D eigenvalue weighted by atomic mass is 16.6. The number of aliphatic hydroxyl groups is 1. The molecule has 1 unspecified atom stereocenters. The molecular weight excluding hydrogens is 428 g/mol. The fourth-order valence-corrected chi connectivity index (χ4v) is 3.69. The minimum atomic E-state index is -1.33. The van der Waals surface area contributed by atoms with Crippen LogP contribution in [0, 0.1) is 24.0 Å². The molecule has 0 saturated carbocycles. The number of pyridine rings is 1. The highest BCUT2D eigenvalue weighted by Crippen LogP contribution is 2.35. The van der Waals surface area contributed by atoms with Crippen molar-refractivity contribution in [1.29, 1.82) is 0 Å². The van der Waals surface area contributed by atoms with E-state index in [2.05, 4.69) is 4.98 Å². The van der Waals surface area contributed by atoms with E-state index in [0.717, 1.165) is 0 Å². The van der Waals surface area contributed by atoms with E-state index in [1.807, 2.05) is 0 Å². The smallest absolute Gasteiger partial charge is 0.341 e. The maximum Gasteiger partial charge on any atom is 0.341 e. The van der Waals surface area contributed by atoms with Crippen molar-refractivity contribution in [3.63, 3.8) is 0 Å². The summed E-state index contributed by atoms with van der Waals surface area (Å²) in [7, 11) is 0. The number of ether oxygens (including phenoxy) is 1. The number of nitrogens with zero attached hydrogens (tertiary/aromatic N) is 2. The topological polar surface area (TPSA) is 140 Å². The third kappa shape index (κ3) is 5.04. The van der Waals surface area contributed by atoms with Crippen molar-refractivity contribution in [3.05, 3.63) is 92.8 Å². The van der Waals surface area contributed by atoms with Gasteiger partial charge in [0.1, 0.15) is 6.10 Å². The molecule has 0 saturated heterocycles. The molecule has 9 nitrogen and oxygen atoms in total. The van der Waals surface area contributed by atoms with E-state index in [-0.39, 0.29) is 52.4 Å². The number of nitro groups is 1. The standard InChI is InChI=1S/C24H22N2O7/c1-14-20(23(28)29)22(17-9-6-10-18(13-17)26(31)32)21(15(2)25-14)24(30)33-19(11-12-27)16-7-4-3-5-8-16/h3-10,13,19,27H,11-12H2,1-2H3,(H,28,29). The Balaban J connectivity index is 2.19. The molecule has 1 heterocycles. The Morgan fingerprint density at radius 3 is 2.33 bits per heavy atom. The summed E-state index contributed by atoms with van der Waals surface area (Å²) in [5, 5.41) is 30.6. The van der Waals surface area contributed by atoms with Crippen LogP contribution in [0.15, 0.2) is 54.6 Å². The van der Waals surface area contributed by atoms with Crippen LogP contribution >= 0.6 is 0 Å². The monoisotopic (exact) mass is 450 g/mol. The molecule has 0 bridgehead atoms. The molecule has 9 heteroatoms. The number of hydrogen-bond donors (Lipinski definition) is 2. The molecule has 0 aliphatic rings.